The Balaban J connectivity index is 1.49. The molecule has 1 saturated heterocycles. The summed E-state index contributed by atoms with van der Waals surface area (Å²) < 4.78 is 1.24. The number of benzene rings is 2. The number of aromatic nitrogens is 1. The van der Waals surface area contributed by atoms with Crippen molar-refractivity contribution in [2.45, 2.75) is 0 Å². The largest absolute Gasteiger partial charge is 0.370 e. The first-order chi connectivity index (χ1) is 11.4. The summed E-state index contributed by atoms with van der Waals surface area (Å²) in [6.45, 7) is 2.32. The van der Waals surface area contributed by atoms with Crippen LogP contribution in [-0.2, 0) is 0 Å². The molecule has 0 saturated carbocycles. The van der Waals surface area contributed by atoms with E-state index in [1.165, 1.54) is 27.5 Å². The molecule has 2 heterocycles. The molecule has 1 aliphatic rings. The van der Waals surface area contributed by atoms with Crippen LogP contribution in [0.15, 0.2) is 48.5 Å². The summed E-state index contributed by atoms with van der Waals surface area (Å²) in [4.78, 5) is 7.11. The predicted octanol–water partition coefficient (Wildman–Crippen LogP) is 5.02. The zero-order valence-corrected chi connectivity index (χ0v) is 14.4. The lowest BCUT2D eigenvalue weighted by Gasteiger charge is -2.28. The highest BCUT2D eigenvalue weighted by Gasteiger charge is 2.10. The lowest BCUT2D eigenvalue weighted by atomic mass is 10.2. The summed E-state index contributed by atoms with van der Waals surface area (Å²) in [6, 6.07) is 17.1. The van der Waals surface area contributed by atoms with Crippen molar-refractivity contribution in [1.29, 1.82) is 0 Å². The van der Waals surface area contributed by atoms with E-state index < -0.39 is 0 Å². The standard InChI is InChI=1S/C19H18N2S2/c1-2-4-18-17(3-1)20-19(23-18)10-7-15-5-8-16(9-6-15)21-11-13-22-14-12-21/h1-10H,11-14H2. The number of fused-ring (bicyclic) bond motifs is 1. The number of para-hydroxylation sites is 1. The first kappa shape index (κ1) is 14.8. The first-order valence-electron chi connectivity index (χ1n) is 7.85. The monoisotopic (exact) mass is 338 g/mol. The maximum Gasteiger partial charge on any atom is 0.117 e. The van der Waals surface area contributed by atoms with Gasteiger partial charge >= 0.3 is 0 Å². The molecule has 0 spiro atoms. The summed E-state index contributed by atoms with van der Waals surface area (Å²) >= 11 is 3.78. The SMILES string of the molecule is C(=Cc1nc2ccccc2s1)c1ccc(N2CCSCC2)cc1. The van der Waals surface area contributed by atoms with E-state index in [-0.39, 0.29) is 0 Å². The third-order valence-corrected chi connectivity index (χ3v) is 5.94. The molecule has 0 aliphatic carbocycles. The lowest BCUT2D eigenvalue weighted by Crippen LogP contribution is -2.32. The Hall–Kier alpha value is -1.78. The molecule has 3 aromatic rings. The number of hydrogen-bond donors (Lipinski definition) is 0. The highest BCUT2D eigenvalue weighted by molar-refractivity contribution is 7.99. The molecule has 4 rings (SSSR count). The van der Waals surface area contributed by atoms with Gasteiger partial charge in [0.05, 0.1) is 10.2 Å². The molecule has 2 aromatic carbocycles. The molecule has 0 unspecified atom stereocenters. The van der Waals surface area contributed by atoms with Gasteiger partial charge in [0.25, 0.3) is 0 Å². The summed E-state index contributed by atoms with van der Waals surface area (Å²) in [7, 11) is 0. The predicted molar refractivity (Wildman–Crippen MR) is 105 cm³/mol. The second-order valence-corrected chi connectivity index (χ2v) is 7.83. The zero-order chi connectivity index (χ0) is 15.5. The van der Waals surface area contributed by atoms with Crippen molar-refractivity contribution in [2.75, 3.05) is 29.5 Å². The van der Waals surface area contributed by atoms with Crippen LogP contribution < -0.4 is 4.90 Å². The van der Waals surface area contributed by atoms with Gasteiger partial charge in [0.15, 0.2) is 0 Å². The van der Waals surface area contributed by atoms with Gasteiger partial charge in [0.2, 0.25) is 0 Å². The van der Waals surface area contributed by atoms with Gasteiger partial charge in [-0.1, -0.05) is 30.3 Å². The van der Waals surface area contributed by atoms with E-state index in [1.54, 1.807) is 11.3 Å². The fourth-order valence-electron chi connectivity index (χ4n) is 2.75. The molecule has 23 heavy (non-hydrogen) atoms. The van der Waals surface area contributed by atoms with Crippen molar-refractivity contribution < 1.29 is 0 Å². The fraction of sp³-hybridized carbons (Fsp3) is 0.211. The Morgan fingerprint density at radius 2 is 1.70 bits per heavy atom. The van der Waals surface area contributed by atoms with Crippen molar-refractivity contribution >= 4 is 51.2 Å². The minimum absolute atomic E-state index is 1.06. The topological polar surface area (TPSA) is 16.1 Å². The van der Waals surface area contributed by atoms with E-state index in [0.29, 0.717) is 0 Å². The molecular weight excluding hydrogens is 320 g/mol. The van der Waals surface area contributed by atoms with Gasteiger partial charge in [0.1, 0.15) is 5.01 Å². The Kier molecular flexibility index (Phi) is 4.35. The summed E-state index contributed by atoms with van der Waals surface area (Å²) in [5.41, 5.74) is 3.64. The molecule has 4 heteroatoms. The highest BCUT2D eigenvalue weighted by atomic mass is 32.2. The molecule has 0 bridgehead atoms. The van der Waals surface area contributed by atoms with E-state index in [0.717, 1.165) is 23.6 Å². The van der Waals surface area contributed by atoms with Gasteiger partial charge in [0, 0.05) is 30.3 Å². The number of hydrogen-bond acceptors (Lipinski definition) is 4. The second kappa shape index (κ2) is 6.77. The smallest absolute Gasteiger partial charge is 0.117 e. The van der Waals surface area contributed by atoms with E-state index in [2.05, 4.69) is 64.5 Å². The van der Waals surface area contributed by atoms with Gasteiger partial charge in [-0.3, -0.25) is 0 Å². The van der Waals surface area contributed by atoms with E-state index in [4.69, 9.17) is 0 Å². The number of rotatable bonds is 3. The van der Waals surface area contributed by atoms with Crippen LogP contribution in [0.1, 0.15) is 10.6 Å². The van der Waals surface area contributed by atoms with Crippen LogP contribution in [0.25, 0.3) is 22.4 Å². The van der Waals surface area contributed by atoms with Crippen molar-refractivity contribution in [3.05, 3.63) is 59.1 Å². The van der Waals surface area contributed by atoms with Crippen LogP contribution in [0.5, 0.6) is 0 Å². The summed E-state index contributed by atoms with van der Waals surface area (Å²) in [5, 5.41) is 1.06. The van der Waals surface area contributed by atoms with E-state index in [9.17, 15) is 0 Å². The Labute approximate surface area is 144 Å². The van der Waals surface area contributed by atoms with Gasteiger partial charge in [-0.2, -0.15) is 11.8 Å². The molecule has 0 atom stereocenters. The van der Waals surface area contributed by atoms with Gasteiger partial charge in [-0.05, 0) is 35.9 Å². The van der Waals surface area contributed by atoms with Gasteiger partial charge < -0.3 is 4.90 Å². The minimum atomic E-state index is 1.06. The third kappa shape index (κ3) is 3.43. The molecule has 0 radical (unpaired) electrons. The highest BCUT2D eigenvalue weighted by Crippen LogP contribution is 2.24. The summed E-state index contributed by atoms with van der Waals surface area (Å²) in [5.74, 6) is 2.47. The Bertz CT molecular complexity index is 782. The number of nitrogens with zero attached hydrogens (tertiary/aromatic N) is 2. The molecule has 1 aromatic heterocycles. The summed E-state index contributed by atoms with van der Waals surface area (Å²) in [6.07, 6.45) is 4.25. The maximum absolute atomic E-state index is 4.64. The third-order valence-electron chi connectivity index (χ3n) is 4.00. The van der Waals surface area contributed by atoms with Crippen LogP contribution in [0, 0.1) is 0 Å². The van der Waals surface area contributed by atoms with E-state index in [1.807, 2.05) is 17.8 Å². The maximum atomic E-state index is 4.64. The molecule has 0 amide bonds. The minimum Gasteiger partial charge on any atom is -0.370 e. The van der Waals surface area contributed by atoms with Crippen LogP contribution in [0.3, 0.4) is 0 Å². The normalized spacial score (nSPS) is 15.6. The zero-order valence-electron chi connectivity index (χ0n) is 12.8. The van der Waals surface area contributed by atoms with Crippen molar-refractivity contribution in [2.24, 2.45) is 0 Å². The number of thiazole rings is 1. The van der Waals surface area contributed by atoms with Crippen molar-refractivity contribution in [1.82, 2.24) is 4.98 Å². The number of anilines is 1. The fourth-order valence-corrected chi connectivity index (χ4v) is 4.52. The quantitative estimate of drug-likeness (QED) is 0.667. The molecule has 2 nitrogen and oxygen atoms in total. The van der Waals surface area contributed by atoms with Gasteiger partial charge in [-0.25, -0.2) is 4.98 Å². The molecule has 0 N–H and O–H groups in total. The molecular formula is C19H18N2S2. The average Bonchev–Trinajstić information content (AvgIpc) is 3.04. The van der Waals surface area contributed by atoms with Crippen LogP contribution >= 0.6 is 23.1 Å². The van der Waals surface area contributed by atoms with Gasteiger partial charge in [-0.15, -0.1) is 11.3 Å². The Morgan fingerprint density at radius 3 is 2.48 bits per heavy atom. The molecule has 116 valence electrons. The number of thioether (sulfide) groups is 1. The van der Waals surface area contributed by atoms with Crippen LogP contribution in [0.2, 0.25) is 0 Å². The van der Waals surface area contributed by atoms with Crippen LogP contribution in [0.4, 0.5) is 5.69 Å². The van der Waals surface area contributed by atoms with Crippen molar-refractivity contribution in [3.8, 4) is 0 Å². The molecule has 1 fully saturated rings. The van der Waals surface area contributed by atoms with Crippen LogP contribution in [-0.4, -0.2) is 29.6 Å². The average molecular weight is 339 g/mol. The first-order valence-corrected chi connectivity index (χ1v) is 9.82. The van der Waals surface area contributed by atoms with Crippen molar-refractivity contribution in [3.63, 3.8) is 0 Å². The Morgan fingerprint density at radius 1 is 0.913 bits per heavy atom. The molecule has 1 aliphatic heterocycles. The van der Waals surface area contributed by atoms with E-state index >= 15 is 0 Å². The second-order valence-electron chi connectivity index (χ2n) is 5.54. The lowest BCUT2D eigenvalue weighted by molar-refractivity contribution is 0.859.